The Hall–Kier alpha value is -2.51. The highest BCUT2D eigenvalue weighted by Gasteiger charge is 2.36. The number of rotatable bonds is 4. The maximum Gasteiger partial charge on any atom is 0.262 e. The first-order chi connectivity index (χ1) is 14.3. The quantitative estimate of drug-likeness (QED) is 0.696. The van der Waals surface area contributed by atoms with Gasteiger partial charge in [0.25, 0.3) is 5.56 Å². The molecule has 0 bridgehead atoms. The second-order valence-corrected chi connectivity index (χ2v) is 9.53. The Kier molecular flexibility index (Phi) is 5.51. The van der Waals surface area contributed by atoms with Gasteiger partial charge in [-0.05, 0) is 44.7 Å². The fraction of sp³-hybridized carbons (Fsp3) is 0.435. The molecule has 1 amide bonds. The van der Waals surface area contributed by atoms with Crippen LogP contribution in [0.4, 0.5) is 0 Å². The predicted molar refractivity (Wildman–Crippen MR) is 119 cm³/mol. The van der Waals surface area contributed by atoms with E-state index in [0.29, 0.717) is 31.3 Å². The van der Waals surface area contributed by atoms with Crippen molar-refractivity contribution in [1.82, 2.24) is 14.5 Å². The molecule has 3 heterocycles. The number of aliphatic hydroxyl groups is 1. The van der Waals surface area contributed by atoms with E-state index in [0.717, 1.165) is 20.8 Å². The van der Waals surface area contributed by atoms with E-state index in [-0.39, 0.29) is 23.9 Å². The standard InChI is InChI=1S/C23H27N3O3S/c1-15-17(3)30-20-19(15)22(28)26(14-24-20)13-23(29)9-11-25(12-10-23)21(27)16(2)18-7-5-4-6-8-18/h4-8,14,16,29H,9-13H2,1-3H3. The Morgan fingerprint density at radius 1 is 1.23 bits per heavy atom. The SMILES string of the molecule is Cc1sc2ncn(CC3(O)CCN(C(=O)C(C)c4ccccc4)CC3)c(=O)c2c1C. The van der Waals surface area contributed by atoms with Gasteiger partial charge in [0.05, 0.1) is 29.8 Å². The highest BCUT2D eigenvalue weighted by atomic mass is 32.1. The number of likely N-dealkylation sites (tertiary alicyclic amines) is 1. The maximum absolute atomic E-state index is 13.0. The smallest absolute Gasteiger partial charge is 0.262 e. The molecule has 1 atom stereocenters. The van der Waals surface area contributed by atoms with E-state index in [2.05, 4.69) is 4.98 Å². The van der Waals surface area contributed by atoms with Gasteiger partial charge in [-0.25, -0.2) is 4.98 Å². The molecule has 1 aliphatic heterocycles. The van der Waals surface area contributed by atoms with Crippen LogP contribution in [-0.2, 0) is 11.3 Å². The van der Waals surface area contributed by atoms with Gasteiger partial charge in [-0.3, -0.25) is 14.2 Å². The summed E-state index contributed by atoms with van der Waals surface area (Å²) in [5, 5.41) is 11.8. The molecular weight excluding hydrogens is 398 g/mol. The van der Waals surface area contributed by atoms with E-state index in [4.69, 9.17) is 0 Å². The average Bonchev–Trinajstić information content (AvgIpc) is 3.04. The van der Waals surface area contributed by atoms with Gasteiger partial charge in [-0.1, -0.05) is 30.3 Å². The van der Waals surface area contributed by atoms with Crippen LogP contribution in [-0.4, -0.2) is 44.2 Å². The molecule has 0 saturated carbocycles. The Balaban J connectivity index is 1.46. The molecule has 30 heavy (non-hydrogen) atoms. The number of carbonyl (C=O) groups is 1. The van der Waals surface area contributed by atoms with Crippen LogP contribution in [0.5, 0.6) is 0 Å². The van der Waals surface area contributed by atoms with Gasteiger partial charge >= 0.3 is 0 Å². The van der Waals surface area contributed by atoms with Crippen LogP contribution in [0, 0.1) is 13.8 Å². The van der Waals surface area contributed by atoms with Crippen molar-refractivity contribution >= 4 is 27.5 Å². The van der Waals surface area contributed by atoms with E-state index in [1.807, 2.05) is 56.0 Å². The van der Waals surface area contributed by atoms with Crippen LogP contribution in [0.15, 0.2) is 41.5 Å². The lowest BCUT2D eigenvalue weighted by molar-refractivity contribution is -0.137. The molecule has 6 nitrogen and oxygen atoms in total. The van der Waals surface area contributed by atoms with Gasteiger partial charge in [0.2, 0.25) is 5.91 Å². The summed E-state index contributed by atoms with van der Waals surface area (Å²) in [4.78, 5) is 33.9. The summed E-state index contributed by atoms with van der Waals surface area (Å²) in [5.41, 5.74) is 0.830. The molecule has 1 aromatic carbocycles. The number of fused-ring (bicyclic) bond motifs is 1. The van der Waals surface area contributed by atoms with E-state index in [1.165, 1.54) is 22.2 Å². The first kappa shape index (κ1) is 20.8. The first-order valence-electron chi connectivity index (χ1n) is 10.3. The molecule has 0 spiro atoms. The second kappa shape index (κ2) is 7.96. The zero-order chi connectivity index (χ0) is 21.5. The fourth-order valence-corrected chi connectivity index (χ4v) is 5.15. The number of aryl methyl sites for hydroxylation is 2. The number of hydrogen-bond acceptors (Lipinski definition) is 5. The molecule has 4 rings (SSSR count). The van der Waals surface area contributed by atoms with Crippen molar-refractivity contribution in [2.75, 3.05) is 13.1 Å². The number of nitrogens with zero attached hydrogens (tertiary/aromatic N) is 3. The van der Waals surface area contributed by atoms with Crippen molar-refractivity contribution in [3.8, 4) is 0 Å². The van der Waals surface area contributed by atoms with Crippen molar-refractivity contribution in [2.24, 2.45) is 0 Å². The van der Waals surface area contributed by atoms with Crippen molar-refractivity contribution in [3.63, 3.8) is 0 Å². The number of benzene rings is 1. The van der Waals surface area contributed by atoms with Crippen LogP contribution in [0.1, 0.15) is 41.7 Å². The topological polar surface area (TPSA) is 75.4 Å². The first-order valence-corrected chi connectivity index (χ1v) is 11.1. The molecule has 1 N–H and O–H groups in total. The number of aromatic nitrogens is 2. The molecule has 158 valence electrons. The Morgan fingerprint density at radius 3 is 2.57 bits per heavy atom. The van der Waals surface area contributed by atoms with Gasteiger partial charge in [-0.15, -0.1) is 11.3 Å². The molecule has 1 aliphatic rings. The molecule has 1 unspecified atom stereocenters. The third-order valence-electron chi connectivity index (χ3n) is 6.30. The van der Waals surface area contributed by atoms with E-state index in [1.54, 1.807) is 0 Å². The normalized spacial score (nSPS) is 17.3. The Morgan fingerprint density at radius 2 is 1.90 bits per heavy atom. The third-order valence-corrected chi connectivity index (χ3v) is 7.41. The van der Waals surface area contributed by atoms with Gasteiger partial charge < -0.3 is 10.0 Å². The molecule has 1 fully saturated rings. The third kappa shape index (κ3) is 3.79. The number of thiophene rings is 1. The van der Waals surface area contributed by atoms with E-state index >= 15 is 0 Å². The zero-order valence-corrected chi connectivity index (χ0v) is 18.4. The second-order valence-electron chi connectivity index (χ2n) is 8.32. The summed E-state index contributed by atoms with van der Waals surface area (Å²) in [6.45, 7) is 7.00. The molecule has 3 aromatic rings. The van der Waals surface area contributed by atoms with Crippen LogP contribution < -0.4 is 5.56 Å². The highest BCUT2D eigenvalue weighted by molar-refractivity contribution is 7.18. The van der Waals surface area contributed by atoms with E-state index in [9.17, 15) is 14.7 Å². The van der Waals surface area contributed by atoms with Crippen LogP contribution in [0.25, 0.3) is 10.2 Å². The molecule has 7 heteroatoms. The summed E-state index contributed by atoms with van der Waals surface area (Å²) in [7, 11) is 0. The minimum Gasteiger partial charge on any atom is -0.388 e. The summed E-state index contributed by atoms with van der Waals surface area (Å²) < 4.78 is 1.52. The Labute approximate surface area is 179 Å². The van der Waals surface area contributed by atoms with Gasteiger partial charge in [-0.2, -0.15) is 0 Å². The van der Waals surface area contributed by atoms with Crippen LogP contribution in [0.2, 0.25) is 0 Å². The lowest BCUT2D eigenvalue weighted by Crippen LogP contribution is -2.50. The van der Waals surface area contributed by atoms with Gasteiger partial charge in [0.1, 0.15) is 4.83 Å². The predicted octanol–water partition coefficient (Wildman–Crippen LogP) is 3.23. The lowest BCUT2D eigenvalue weighted by atomic mass is 9.90. The van der Waals surface area contributed by atoms with Crippen LogP contribution >= 0.6 is 11.3 Å². The minimum absolute atomic E-state index is 0.0767. The van der Waals surface area contributed by atoms with Gasteiger partial charge in [0.15, 0.2) is 0 Å². The molecule has 2 aromatic heterocycles. The molecule has 0 radical (unpaired) electrons. The van der Waals surface area contributed by atoms with Crippen molar-refractivity contribution in [3.05, 3.63) is 63.0 Å². The van der Waals surface area contributed by atoms with Crippen molar-refractivity contribution < 1.29 is 9.90 Å². The number of hydrogen-bond donors (Lipinski definition) is 1. The van der Waals surface area contributed by atoms with Crippen molar-refractivity contribution in [2.45, 2.75) is 51.7 Å². The van der Waals surface area contributed by atoms with Crippen molar-refractivity contribution in [1.29, 1.82) is 0 Å². The summed E-state index contributed by atoms with van der Waals surface area (Å²) in [5.74, 6) is -0.135. The van der Waals surface area contributed by atoms with E-state index < -0.39 is 5.60 Å². The summed E-state index contributed by atoms with van der Waals surface area (Å²) in [6, 6.07) is 9.74. The fourth-order valence-electron chi connectivity index (χ4n) is 4.16. The minimum atomic E-state index is -1.02. The summed E-state index contributed by atoms with van der Waals surface area (Å²) >= 11 is 1.52. The molecular formula is C23H27N3O3S. The average molecular weight is 426 g/mol. The highest BCUT2D eigenvalue weighted by Crippen LogP contribution is 2.28. The molecule has 1 saturated heterocycles. The number of carbonyl (C=O) groups excluding carboxylic acids is 1. The number of amides is 1. The number of piperidine rings is 1. The summed E-state index contributed by atoms with van der Waals surface area (Å²) in [6.07, 6.45) is 2.41. The Bertz CT molecular complexity index is 1130. The van der Waals surface area contributed by atoms with Crippen LogP contribution in [0.3, 0.4) is 0 Å². The van der Waals surface area contributed by atoms with Gasteiger partial charge in [0, 0.05) is 18.0 Å². The monoisotopic (exact) mass is 425 g/mol. The maximum atomic E-state index is 13.0. The lowest BCUT2D eigenvalue weighted by Gasteiger charge is -2.39. The largest absolute Gasteiger partial charge is 0.388 e. The molecule has 0 aliphatic carbocycles. The zero-order valence-electron chi connectivity index (χ0n) is 17.6.